The summed E-state index contributed by atoms with van der Waals surface area (Å²) in [6.07, 6.45) is 9.53. The maximum Gasteiger partial charge on any atom is 0.272 e. The molecule has 2 heterocycles. The number of amides is 1. The summed E-state index contributed by atoms with van der Waals surface area (Å²) in [5.41, 5.74) is 1.57. The van der Waals surface area contributed by atoms with Gasteiger partial charge in [0.1, 0.15) is 5.82 Å². The van der Waals surface area contributed by atoms with Gasteiger partial charge in [0.05, 0.1) is 5.52 Å². The first-order valence-corrected chi connectivity index (χ1v) is 8.59. The predicted molar refractivity (Wildman–Crippen MR) is 83.9 cm³/mol. The third kappa shape index (κ3) is 2.13. The fourth-order valence-electron chi connectivity index (χ4n) is 3.61. The second-order valence-electron chi connectivity index (χ2n) is 7.22. The topological polar surface area (TPSA) is 46.4 Å². The number of fused-ring (bicyclic) bond motifs is 1. The average Bonchev–Trinajstić information content (AvgIpc) is 3.36. The number of pyridine rings is 1. The van der Waals surface area contributed by atoms with Crippen LogP contribution in [0.25, 0.3) is 5.52 Å². The molecule has 0 spiro atoms. The number of carbonyl (C=O) groups excluding carboxylic acids is 1. The minimum Gasteiger partial charge on any atom is -0.347 e. The number of hydrogen-bond acceptors (Lipinski definition) is 2. The molecule has 0 unspecified atom stereocenters. The Labute approximate surface area is 129 Å². The highest BCUT2D eigenvalue weighted by atomic mass is 16.2. The Kier molecular flexibility index (Phi) is 2.64. The molecule has 0 atom stereocenters. The highest BCUT2D eigenvalue weighted by Gasteiger charge is 2.42. The zero-order valence-corrected chi connectivity index (χ0v) is 12.7. The first-order valence-electron chi connectivity index (χ1n) is 8.59. The van der Waals surface area contributed by atoms with Gasteiger partial charge < -0.3 is 9.72 Å². The largest absolute Gasteiger partial charge is 0.347 e. The van der Waals surface area contributed by atoms with Crippen LogP contribution in [0.1, 0.15) is 60.8 Å². The molecule has 2 aromatic rings. The Morgan fingerprint density at radius 1 is 1.14 bits per heavy atom. The van der Waals surface area contributed by atoms with Crippen molar-refractivity contribution in [1.29, 1.82) is 0 Å². The highest BCUT2D eigenvalue weighted by Crippen LogP contribution is 2.45. The van der Waals surface area contributed by atoms with E-state index in [4.69, 9.17) is 4.98 Å². The molecule has 0 saturated heterocycles. The summed E-state index contributed by atoms with van der Waals surface area (Å²) in [5.74, 6) is 3.06. The Morgan fingerprint density at radius 3 is 2.50 bits per heavy atom. The van der Waals surface area contributed by atoms with Gasteiger partial charge in [0.2, 0.25) is 0 Å². The van der Waals surface area contributed by atoms with E-state index in [0.29, 0.717) is 29.5 Å². The lowest BCUT2D eigenvalue weighted by Crippen LogP contribution is -2.38. The number of hydrogen-bond donors (Lipinski definition) is 1. The SMILES string of the molecule is O=C(NC(C1CC1)C1CC1)c1nc(C2CC2)n2ccccc12. The van der Waals surface area contributed by atoms with E-state index in [-0.39, 0.29) is 5.91 Å². The molecule has 4 heteroatoms. The van der Waals surface area contributed by atoms with Crippen LogP contribution in [-0.4, -0.2) is 21.3 Å². The van der Waals surface area contributed by atoms with Crippen LogP contribution in [0, 0.1) is 11.8 Å². The fourth-order valence-corrected chi connectivity index (χ4v) is 3.61. The van der Waals surface area contributed by atoms with Crippen LogP contribution in [0.4, 0.5) is 0 Å². The maximum atomic E-state index is 12.8. The molecule has 3 aliphatic carbocycles. The quantitative estimate of drug-likeness (QED) is 0.921. The van der Waals surface area contributed by atoms with Crippen LogP contribution in [-0.2, 0) is 0 Å². The summed E-state index contributed by atoms with van der Waals surface area (Å²) in [5, 5.41) is 3.31. The standard InChI is InChI=1S/C18H21N3O/c22-18(20-15(11-4-5-11)12-6-7-12)16-14-3-1-2-10-21(14)17(19-16)13-8-9-13/h1-3,10-13,15H,4-9H2,(H,20,22). The highest BCUT2D eigenvalue weighted by molar-refractivity contribution is 5.99. The first kappa shape index (κ1) is 12.7. The molecule has 0 aromatic carbocycles. The monoisotopic (exact) mass is 295 g/mol. The number of nitrogens with zero attached hydrogens (tertiary/aromatic N) is 2. The van der Waals surface area contributed by atoms with Gasteiger partial charge in [-0.15, -0.1) is 0 Å². The van der Waals surface area contributed by atoms with E-state index in [1.54, 1.807) is 0 Å². The van der Waals surface area contributed by atoms with Crippen LogP contribution in [0.5, 0.6) is 0 Å². The lowest BCUT2D eigenvalue weighted by Gasteiger charge is -2.16. The van der Waals surface area contributed by atoms with E-state index in [1.807, 2.05) is 24.4 Å². The van der Waals surface area contributed by atoms with Gasteiger partial charge in [-0.2, -0.15) is 0 Å². The average molecular weight is 295 g/mol. The molecule has 0 bridgehead atoms. The lowest BCUT2D eigenvalue weighted by molar-refractivity contribution is 0.0923. The number of aromatic nitrogens is 2. The summed E-state index contributed by atoms with van der Waals surface area (Å²) >= 11 is 0. The molecule has 3 saturated carbocycles. The zero-order valence-electron chi connectivity index (χ0n) is 12.7. The van der Waals surface area contributed by atoms with Gasteiger partial charge in [0, 0.05) is 18.2 Å². The first-order chi connectivity index (χ1) is 10.8. The van der Waals surface area contributed by atoms with Gasteiger partial charge in [-0.25, -0.2) is 4.98 Å². The Morgan fingerprint density at radius 2 is 1.86 bits per heavy atom. The van der Waals surface area contributed by atoms with E-state index >= 15 is 0 Å². The molecule has 1 amide bonds. The van der Waals surface area contributed by atoms with Crippen molar-refractivity contribution in [2.75, 3.05) is 0 Å². The van der Waals surface area contributed by atoms with Gasteiger partial charge in [0.25, 0.3) is 5.91 Å². The van der Waals surface area contributed by atoms with Crippen molar-refractivity contribution in [3.63, 3.8) is 0 Å². The van der Waals surface area contributed by atoms with Gasteiger partial charge in [0.15, 0.2) is 5.69 Å². The summed E-state index contributed by atoms with van der Waals surface area (Å²) in [7, 11) is 0. The molecular formula is C18H21N3O. The van der Waals surface area contributed by atoms with E-state index in [2.05, 4.69) is 9.72 Å². The van der Waals surface area contributed by atoms with Crippen LogP contribution in [0.2, 0.25) is 0 Å². The van der Waals surface area contributed by atoms with Crippen molar-refractivity contribution >= 4 is 11.4 Å². The fraction of sp³-hybridized carbons (Fsp3) is 0.556. The molecule has 4 nitrogen and oxygen atoms in total. The summed E-state index contributed by atoms with van der Waals surface area (Å²) in [6, 6.07) is 6.40. The molecule has 3 fully saturated rings. The Bertz CT molecular complexity index is 726. The van der Waals surface area contributed by atoms with Crippen molar-refractivity contribution in [2.45, 2.75) is 50.5 Å². The minimum atomic E-state index is 0.0272. The summed E-state index contributed by atoms with van der Waals surface area (Å²) in [6.45, 7) is 0. The molecular weight excluding hydrogens is 274 g/mol. The number of nitrogens with one attached hydrogen (secondary N) is 1. The van der Waals surface area contributed by atoms with E-state index in [1.165, 1.54) is 38.5 Å². The third-order valence-electron chi connectivity index (χ3n) is 5.29. The second kappa shape index (κ2) is 4.58. The van der Waals surface area contributed by atoms with Crippen molar-refractivity contribution < 1.29 is 4.79 Å². The molecule has 2 aromatic heterocycles. The summed E-state index contributed by atoms with van der Waals surface area (Å²) in [4.78, 5) is 17.5. The van der Waals surface area contributed by atoms with E-state index < -0.39 is 0 Å². The molecule has 0 aliphatic heterocycles. The molecule has 114 valence electrons. The van der Waals surface area contributed by atoms with Gasteiger partial charge in [-0.05, 0) is 62.5 Å². The number of rotatable bonds is 5. The smallest absolute Gasteiger partial charge is 0.272 e. The third-order valence-corrected chi connectivity index (χ3v) is 5.29. The maximum absolute atomic E-state index is 12.8. The summed E-state index contributed by atoms with van der Waals surface area (Å²) < 4.78 is 2.11. The van der Waals surface area contributed by atoms with Crippen molar-refractivity contribution in [3.05, 3.63) is 35.9 Å². The number of carbonyl (C=O) groups is 1. The Balaban J connectivity index is 1.48. The Hall–Kier alpha value is -1.84. The normalized spacial score (nSPS) is 21.5. The number of imidazole rings is 1. The molecule has 3 aliphatic rings. The van der Waals surface area contributed by atoms with Crippen LogP contribution < -0.4 is 5.32 Å². The van der Waals surface area contributed by atoms with Crippen LogP contribution >= 0.6 is 0 Å². The molecule has 1 N–H and O–H groups in total. The van der Waals surface area contributed by atoms with E-state index in [9.17, 15) is 4.79 Å². The van der Waals surface area contributed by atoms with E-state index in [0.717, 1.165) is 11.3 Å². The van der Waals surface area contributed by atoms with Gasteiger partial charge in [-0.3, -0.25) is 4.79 Å². The molecule has 5 rings (SSSR count). The van der Waals surface area contributed by atoms with Gasteiger partial charge in [-0.1, -0.05) is 6.07 Å². The van der Waals surface area contributed by atoms with Crippen molar-refractivity contribution in [1.82, 2.24) is 14.7 Å². The van der Waals surface area contributed by atoms with Crippen LogP contribution in [0.15, 0.2) is 24.4 Å². The second-order valence-corrected chi connectivity index (χ2v) is 7.22. The van der Waals surface area contributed by atoms with Crippen molar-refractivity contribution in [2.24, 2.45) is 11.8 Å². The van der Waals surface area contributed by atoms with Crippen molar-refractivity contribution in [3.8, 4) is 0 Å². The zero-order chi connectivity index (χ0) is 14.7. The molecule has 0 radical (unpaired) electrons. The lowest BCUT2D eigenvalue weighted by atomic mass is 10.1. The molecule has 22 heavy (non-hydrogen) atoms. The van der Waals surface area contributed by atoms with Gasteiger partial charge >= 0.3 is 0 Å². The van der Waals surface area contributed by atoms with Crippen LogP contribution in [0.3, 0.4) is 0 Å². The predicted octanol–water partition coefficient (Wildman–Crippen LogP) is 3.13. The minimum absolute atomic E-state index is 0.0272.